The number of hydrogen-bond donors (Lipinski definition) is 0. The van der Waals surface area contributed by atoms with Crippen LogP contribution in [0, 0.1) is 6.92 Å². The SMILES string of the molecule is CCCOc1ccc(C(CC(=O)c2ccc(Br)cc2)S(=O)(=O)c2ccc(C)cc2)cc1. The molecular formula is C25H25BrO4S. The van der Waals surface area contributed by atoms with Crippen LogP contribution < -0.4 is 4.74 Å². The van der Waals surface area contributed by atoms with Gasteiger partial charge in [0.25, 0.3) is 0 Å². The number of ketones is 1. The smallest absolute Gasteiger partial charge is 0.185 e. The summed E-state index contributed by atoms with van der Waals surface area (Å²) in [7, 11) is -3.78. The first kappa shape index (κ1) is 23.2. The van der Waals surface area contributed by atoms with Crippen LogP contribution in [-0.4, -0.2) is 20.8 Å². The molecule has 0 saturated heterocycles. The minimum atomic E-state index is -3.78. The average molecular weight is 501 g/mol. The van der Waals surface area contributed by atoms with Gasteiger partial charge >= 0.3 is 0 Å². The predicted octanol–water partition coefficient (Wildman–Crippen LogP) is 6.33. The monoisotopic (exact) mass is 500 g/mol. The van der Waals surface area contributed by atoms with Crippen LogP contribution in [0.2, 0.25) is 0 Å². The van der Waals surface area contributed by atoms with Gasteiger partial charge in [-0.15, -0.1) is 0 Å². The molecule has 1 atom stereocenters. The molecule has 0 aliphatic carbocycles. The van der Waals surface area contributed by atoms with Crippen LogP contribution in [0.15, 0.2) is 82.2 Å². The van der Waals surface area contributed by atoms with E-state index in [4.69, 9.17) is 4.74 Å². The average Bonchev–Trinajstić information content (AvgIpc) is 2.77. The molecule has 1 unspecified atom stereocenters. The Hall–Kier alpha value is -2.44. The fourth-order valence-corrected chi connectivity index (χ4v) is 5.21. The Kier molecular flexibility index (Phi) is 7.68. The van der Waals surface area contributed by atoms with Crippen molar-refractivity contribution >= 4 is 31.6 Å². The quantitative estimate of drug-likeness (QED) is 0.322. The van der Waals surface area contributed by atoms with Gasteiger partial charge in [-0.3, -0.25) is 4.79 Å². The fraction of sp³-hybridized carbons (Fsp3) is 0.240. The molecule has 0 fully saturated rings. The summed E-state index contributed by atoms with van der Waals surface area (Å²) in [5.41, 5.74) is 2.02. The highest BCUT2D eigenvalue weighted by molar-refractivity contribution is 9.10. The van der Waals surface area contributed by atoms with Gasteiger partial charge in [0.05, 0.1) is 16.8 Å². The molecule has 3 rings (SSSR count). The van der Waals surface area contributed by atoms with Crippen molar-refractivity contribution in [2.75, 3.05) is 6.61 Å². The van der Waals surface area contributed by atoms with Crippen molar-refractivity contribution in [2.45, 2.75) is 36.8 Å². The van der Waals surface area contributed by atoms with Gasteiger partial charge in [-0.2, -0.15) is 0 Å². The van der Waals surface area contributed by atoms with E-state index in [-0.39, 0.29) is 17.1 Å². The Morgan fingerprint density at radius 1 is 0.935 bits per heavy atom. The molecule has 3 aromatic carbocycles. The number of aryl methyl sites for hydroxylation is 1. The number of benzene rings is 3. The number of halogens is 1. The van der Waals surface area contributed by atoms with Gasteiger partial charge < -0.3 is 4.74 Å². The van der Waals surface area contributed by atoms with Gasteiger partial charge in [-0.25, -0.2) is 8.42 Å². The Morgan fingerprint density at radius 2 is 1.55 bits per heavy atom. The van der Waals surface area contributed by atoms with Crippen LogP contribution in [0.3, 0.4) is 0 Å². The van der Waals surface area contributed by atoms with E-state index in [1.54, 1.807) is 72.8 Å². The first-order valence-corrected chi connectivity index (χ1v) is 12.5. The summed E-state index contributed by atoms with van der Waals surface area (Å²) in [5.74, 6) is 0.454. The lowest BCUT2D eigenvalue weighted by Crippen LogP contribution is -2.18. The summed E-state index contributed by atoms with van der Waals surface area (Å²) in [5, 5.41) is -0.994. The van der Waals surface area contributed by atoms with Crippen LogP contribution in [0.25, 0.3) is 0 Å². The standard InChI is InChI=1S/C25H25BrO4S/c1-3-16-30-22-12-8-20(9-13-22)25(17-24(27)19-6-10-21(26)11-7-19)31(28,29)23-14-4-18(2)5-15-23/h4-15,25H,3,16-17H2,1-2H3. The maximum Gasteiger partial charge on any atom is 0.185 e. The second-order valence-electron chi connectivity index (χ2n) is 7.40. The van der Waals surface area contributed by atoms with Crippen LogP contribution in [0.5, 0.6) is 5.75 Å². The van der Waals surface area contributed by atoms with Gasteiger partial charge in [-0.1, -0.05) is 64.8 Å². The van der Waals surface area contributed by atoms with Crippen molar-refractivity contribution in [3.63, 3.8) is 0 Å². The first-order chi connectivity index (χ1) is 14.8. The number of sulfone groups is 1. The van der Waals surface area contributed by atoms with E-state index in [0.29, 0.717) is 23.5 Å². The normalized spacial score (nSPS) is 12.4. The molecule has 0 heterocycles. The molecular weight excluding hydrogens is 476 g/mol. The molecule has 3 aromatic rings. The molecule has 31 heavy (non-hydrogen) atoms. The number of Topliss-reactive ketones (excluding diaryl/α,β-unsaturated/α-hetero) is 1. The second-order valence-corrected chi connectivity index (χ2v) is 10.4. The third-order valence-electron chi connectivity index (χ3n) is 4.99. The van der Waals surface area contributed by atoms with E-state index < -0.39 is 15.1 Å². The predicted molar refractivity (Wildman–Crippen MR) is 126 cm³/mol. The van der Waals surface area contributed by atoms with Gasteiger partial charge in [-0.05, 0) is 55.3 Å². The third-order valence-corrected chi connectivity index (χ3v) is 7.63. The summed E-state index contributed by atoms with van der Waals surface area (Å²) in [6, 6.07) is 20.7. The second kappa shape index (κ2) is 10.2. The van der Waals surface area contributed by atoms with E-state index in [1.165, 1.54) is 0 Å². The van der Waals surface area contributed by atoms with E-state index in [2.05, 4.69) is 15.9 Å². The molecule has 0 amide bonds. The number of carbonyl (C=O) groups excluding carboxylic acids is 1. The zero-order valence-corrected chi connectivity index (χ0v) is 19.9. The lowest BCUT2D eigenvalue weighted by Gasteiger charge is -2.19. The fourth-order valence-electron chi connectivity index (χ4n) is 3.22. The van der Waals surface area contributed by atoms with Crippen LogP contribution >= 0.6 is 15.9 Å². The Labute approximate surface area is 192 Å². The molecule has 0 bridgehead atoms. The molecule has 0 aliphatic heterocycles. The minimum absolute atomic E-state index is 0.146. The van der Waals surface area contributed by atoms with Crippen molar-refractivity contribution in [1.29, 1.82) is 0 Å². The summed E-state index contributed by atoms with van der Waals surface area (Å²) < 4.78 is 33.5. The highest BCUT2D eigenvalue weighted by Crippen LogP contribution is 2.34. The van der Waals surface area contributed by atoms with E-state index in [0.717, 1.165) is 16.5 Å². The zero-order chi connectivity index (χ0) is 22.4. The summed E-state index contributed by atoms with van der Waals surface area (Å²) in [6.07, 6.45) is 0.737. The minimum Gasteiger partial charge on any atom is -0.494 e. The summed E-state index contributed by atoms with van der Waals surface area (Å²) in [6.45, 7) is 4.51. The maximum absolute atomic E-state index is 13.5. The van der Waals surface area contributed by atoms with Crippen molar-refractivity contribution in [3.05, 3.63) is 94.0 Å². The van der Waals surface area contributed by atoms with Crippen LogP contribution in [-0.2, 0) is 9.84 Å². The van der Waals surface area contributed by atoms with Gasteiger partial charge in [0.1, 0.15) is 5.75 Å². The molecule has 0 radical (unpaired) electrons. The Morgan fingerprint density at radius 3 is 2.13 bits per heavy atom. The molecule has 0 spiro atoms. The van der Waals surface area contributed by atoms with E-state index in [1.807, 2.05) is 13.8 Å². The zero-order valence-electron chi connectivity index (χ0n) is 17.5. The van der Waals surface area contributed by atoms with Gasteiger partial charge in [0.15, 0.2) is 15.6 Å². The van der Waals surface area contributed by atoms with Gasteiger partial charge in [0.2, 0.25) is 0 Å². The molecule has 0 aromatic heterocycles. The molecule has 0 saturated carbocycles. The van der Waals surface area contributed by atoms with E-state index in [9.17, 15) is 13.2 Å². The maximum atomic E-state index is 13.5. The number of rotatable bonds is 9. The largest absolute Gasteiger partial charge is 0.494 e. The van der Waals surface area contributed by atoms with Crippen molar-refractivity contribution in [2.24, 2.45) is 0 Å². The molecule has 0 aliphatic rings. The number of ether oxygens (including phenoxy) is 1. The van der Waals surface area contributed by atoms with Crippen LogP contribution in [0.1, 0.15) is 46.5 Å². The molecule has 162 valence electrons. The lowest BCUT2D eigenvalue weighted by atomic mass is 10.0. The van der Waals surface area contributed by atoms with Crippen molar-refractivity contribution < 1.29 is 17.9 Å². The first-order valence-electron chi connectivity index (χ1n) is 10.1. The Bertz CT molecular complexity index is 1120. The highest BCUT2D eigenvalue weighted by atomic mass is 79.9. The topological polar surface area (TPSA) is 60.4 Å². The highest BCUT2D eigenvalue weighted by Gasteiger charge is 2.31. The number of hydrogen-bond acceptors (Lipinski definition) is 4. The number of carbonyl (C=O) groups is 1. The van der Waals surface area contributed by atoms with Crippen molar-refractivity contribution in [1.82, 2.24) is 0 Å². The summed E-state index contributed by atoms with van der Waals surface area (Å²) >= 11 is 3.36. The van der Waals surface area contributed by atoms with E-state index >= 15 is 0 Å². The molecule has 0 N–H and O–H groups in total. The molecule has 4 nitrogen and oxygen atoms in total. The lowest BCUT2D eigenvalue weighted by molar-refractivity contribution is 0.0980. The molecule has 6 heteroatoms. The van der Waals surface area contributed by atoms with Crippen LogP contribution in [0.4, 0.5) is 0 Å². The summed E-state index contributed by atoms with van der Waals surface area (Å²) in [4.78, 5) is 13.2. The Balaban J connectivity index is 1.97. The third kappa shape index (κ3) is 5.83. The van der Waals surface area contributed by atoms with Gasteiger partial charge in [0, 0.05) is 16.5 Å². The van der Waals surface area contributed by atoms with Crippen molar-refractivity contribution in [3.8, 4) is 5.75 Å².